The van der Waals surface area contributed by atoms with E-state index in [4.69, 9.17) is 11.6 Å². The average Bonchev–Trinajstić information content (AvgIpc) is 2.73. The Morgan fingerprint density at radius 1 is 1.07 bits per heavy atom. The van der Waals surface area contributed by atoms with Gasteiger partial charge in [0.2, 0.25) is 5.91 Å². The zero-order valence-electron chi connectivity index (χ0n) is 16.0. The number of likely N-dealkylation sites (tertiary alicyclic amines) is 1. The number of anilines is 1. The first-order chi connectivity index (χ1) is 13.6. The molecule has 4 nitrogen and oxygen atoms in total. The first-order valence-corrected chi connectivity index (χ1v) is 11.0. The average molecular weight is 417 g/mol. The summed E-state index contributed by atoms with van der Waals surface area (Å²) in [6, 6.07) is 14.7. The number of rotatable bonds is 6. The third-order valence-corrected chi connectivity index (χ3v) is 6.44. The Hall–Kier alpha value is -1.98. The number of amides is 2. The summed E-state index contributed by atoms with van der Waals surface area (Å²) in [7, 11) is 0. The summed E-state index contributed by atoms with van der Waals surface area (Å²) in [5, 5.41) is 3.40. The highest BCUT2D eigenvalue weighted by molar-refractivity contribution is 8.00. The van der Waals surface area contributed by atoms with Gasteiger partial charge in [0.25, 0.3) is 5.91 Å². The Bertz CT molecular complexity index is 820. The number of benzene rings is 2. The van der Waals surface area contributed by atoms with Crippen LogP contribution in [0.3, 0.4) is 0 Å². The van der Waals surface area contributed by atoms with Crippen LogP contribution in [0, 0.1) is 0 Å². The van der Waals surface area contributed by atoms with Crippen LogP contribution in [0.1, 0.15) is 43.0 Å². The lowest BCUT2D eigenvalue weighted by molar-refractivity contribution is -0.115. The van der Waals surface area contributed by atoms with Gasteiger partial charge in [0.05, 0.1) is 16.5 Å². The molecule has 1 saturated heterocycles. The lowest BCUT2D eigenvalue weighted by Crippen LogP contribution is -2.36. The maximum atomic E-state index is 12.9. The minimum Gasteiger partial charge on any atom is -0.339 e. The molecule has 1 fully saturated rings. The van der Waals surface area contributed by atoms with E-state index in [9.17, 15) is 9.59 Å². The highest BCUT2D eigenvalue weighted by Gasteiger charge is 2.23. The number of thioether (sulfide) groups is 1. The number of nitrogens with one attached hydrogen (secondary N) is 1. The maximum absolute atomic E-state index is 12.9. The molecule has 1 N–H and O–H groups in total. The first-order valence-electron chi connectivity index (χ1n) is 9.70. The van der Waals surface area contributed by atoms with Crippen LogP contribution >= 0.6 is 23.4 Å². The predicted octanol–water partition coefficient (Wildman–Crippen LogP) is 5.48. The van der Waals surface area contributed by atoms with Crippen LogP contribution < -0.4 is 5.32 Å². The third-order valence-electron chi connectivity index (χ3n) is 4.81. The van der Waals surface area contributed by atoms with Gasteiger partial charge in [-0.05, 0) is 62.1 Å². The van der Waals surface area contributed by atoms with Gasteiger partial charge in [-0.1, -0.05) is 30.7 Å². The van der Waals surface area contributed by atoms with E-state index in [-0.39, 0.29) is 17.1 Å². The molecule has 0 saturated carbocycles. The van der Waals surface area contributed by atoms with E-state index in [2.05, 4.69) is 5.32 Å². The molecule has 6 heteroatoms. The topological polar surface area (TPSA) is 49.4 Å². The highest BCUT2D eigenvalue weighted by Crippen LogP contribution is 2.28. The van der Waals surface area contributed by atoms with Gasteiger partial charge < -0.3 is 10.2 Å². The molecule has 1 atom stereocenters. The van der Waals surface area contributed by atoms with Crippen molar-refractivity contribution in [2.75, 3.05) is 18.4 Å². The molecule has 0 aliphatic carbocycles. The molecule has 1 heterocycles. The fourth-order valence-electron chi connectivity index (χ4n) is 3.26. The summed E-state index contributed by atoms with van der Waals surface area (Å²) in [5.74, 6) is -0.102. The number of carbonyl (C=O) groups excluding carboxylic acids is 2. The Morgan fingerprint density at radius 2 is 1.75 bits per heavy atom. The number of para-hydroxylation sites is 1. The molecule has 0 unspecified atom stereocenters. The lowest BCUT2D eigenvalue weighted by atomic mass is 10.1. The molecule has 0 bridgehead atoms. The Kier molecular flexibility index (Phi) is 7.40. The second-order valence-corrected chi connectivity index (χ2v) is 8.57. The zero-order chi connectivity index (χ0) is 19.9. The quantitative estimate of drug-likeness (QED) is 0.634. The summed E-state index contributed by atoms with van der Waals surface area (Å²) < 4.78 is 0. The van der Waals surface area contributed by atoms with E-state index >= 15 is 0 Å². The van der Waals surface area contributed by atoms with Crippen molar-refractivity contribution in [3.63, 3.8) is 0 Å². The van der Waals surface area contributed by atoms with E-state index in [0.717, 1.165) is 30.8 Å². The summed E-state index contributed by atoms with van der Waals surface area (Å²) in [4.78, 5) is 28.7. The van der Waals surface area contributed by atoms with Gasteiger partial charge in [-0.2, -0.15) is 0 Å². The largest absolute Gasteiger partial charge is 0.339 e. The number of halogens is 1. The van der Waals surface area contributed by atoms with Crippen molar-refractivity contribution in [1.29, 1.82) is 0 Å². The van der Waals surface area contributed by atoms with Crippen molar-refractivity contribution in [3.8, 4) is 0 Å². The molecule has 1 aliphatic heterocycles. The highest BCUT2D eigenvalue weighted by atomic mass is 35.5. The van der Waals surface area contributed by atoms with Gasteiger partial charge in [0.1, 0.15) is 0 Å². The monoisotopic (exact) mass is 416 g/mol. The van der Waals surface area contributed by atoms with E-state index in [0.29, 0.717) is 22.7 Å². The Morgan fingerprint density at radius 3 is 2.43 bits per heavy atom. The molecule has 148 valence electrons. The molecular formula is C22H25ClN2O2S. The molecule has 2 amide bonds. The molecule has 28 heavy (non-hydrogen) atoms. The Balaban J connectivity index is 1.72. The summed E-state index contributed by atoms with van der Waals surface area (Å²) in [6.07, 6.45) is 3.93. The normalized spacial score (nSPS) is 15.1. The molecule has 3 rings (SSSR count). The van der Waals surface area contributed by atoms with Gasteiger partial charge in [0.15, 0.2) is 0 Å². The van der Waals surface area contributed by atoms with Crippen molar-refractivity contribution < 1.29 is 9.59 Å². The maximum Gasteiger partial charge on any atom is 0.255 e. The van der Waals surface area contributed by atoms with Crippen LogP contribution in [0.4, 0.5) is 5.69 Å². The Labute approximate surface area is 175 Å². The van der Waals surface area contributed by atoms with Gasteiger partial charge >= 0.3 is 0 Å². The predicted molar refractivity (Wildman–Crippen MR) is 116 cm³/mol. The second-order valence-electron chi connectivity index (χ2n) is 6.86. The molecule has 0 spiro atoms. The van der Waals surface area contributed by atoms with Gasteiger partial charge in [0, 0.05) is 23.0 Å². The molecule has 1 aliphatic rings. The fourth-order valence-corrected chi connectivity index (χ4v) is 4.34. The van der Waals surface area contributed by atoms with Crippen molar-refractivity contribution in [3.05, 3.63) is 59.1 Å². The van der Waals surface area contributed by atoms with E-state index in [1.807, 2.05) is 48.2 Å². The van der Waals surface area contributed by atoms with Crippen LogP contribution in [-0.2, 0) is 4.79 Å². The van der Waals surface area contributed by atoms with Crippen molar-refractivity contribution in [2.45, 2.75) is 42.8 Å². The summed E-state index contributed by atoms with van der Waals surface area (Å²) in [6.45, 7) is 3.55. The van der Waals surface area contributed by atoms with Gasteiger partial charge in [-0.3, -0.25) is 9.59 Å². The standard InChI is InChI=1S/C22H25ClN2O2S/c1-2-20(28-17-12-10-16(23)11-13-17)21(26)24-19-9-5-4-8-18(19)22(27)25-14-6-3-7-15-25/h4-5,8-13,20H,2-3,6-7,14-15H2,1H3,(H,24,26)/t20-/m1/s1. The number of hydrogen-bond donors (Lipinski definition) is 1. The van der Waals surface area contributed by atoms with Gasteiger partial charge in [-0.15, -0.1) is 11.8 Å². The SMILES string of the molecule is CC[C@@H](Sc1ccc(Cl)cc1)C(=O)Nc1ccccc1C(=O)N1CCCCC1. The fraction of sp³-hybridized carbons (Fsp3) is 0.364. The van der Waals surface area contributed by atoms with Crippen molar-refractivity contribution in [2.24, 2.45) is 0 Å². The molecule has 0 radical (unpaired) electrons. The molecule has 2 aromatic rings. The van der Waals surface area contributed by atoms with Crippen LogP contribution in [0.15, 0.2) is 53.4 Å². The minimum absolute atomic E-state index is 0.00555. The summed E-state index contributed by atoms with van der Waals surface area (Å²) in [5.41, 5.74) is 1.14. The third kappa shape index (κ3) is 5.30. The molecule has 2 aromatic carbocycles. The van der Waals surface area contributed by atoms with Crippen molar-refractivity contribution in [1.82, 2.24) is 4.90 Å². The van der Waals surface area contributed by atoms with Crippen LogP contribution in [-0.4, -0.2) is 35.1 Å². The molecular weight excluding hydrogens is 392 g/mol. The summed E-state index contributed by atoms with van der Waals surface area (Å²) >= 11 is 7.44. The molecule has 0 aromatic heterocycles. The smallest absolute Gasteiger partial charge is 0.255 e. The van der Waals surface area contributed by atoms with Crippen LogP contribution in [0.2, 0.25) is 5.02 Å². The second kappa shape index (κ2) is 9.99. The van der Waals surface area contributed by atoms with Gasteiger partial charge in [-0.25, -0.2) is 0 Å². The zero-order valence-corrected chi connectivity index (χ0v) is 17.6. The number of hydrogen-bond acceptors (Lipinski definition) is 3. The number of nitrogens with zero attached hydrogens (tertiary/aromatic N) is 1. The van der Waals surface area contributed by atoms with E-state index in [1.54, 1.807) is 12.1 Å². The van der Waals surface area contributed by atoms with E-state index < -0.39 is 0 Å². The number of carbonyl (C=O) groups is 2. The minimum atomic E-state index is -0.251. The first kappa shape index (κ1) is 20.7. The van der Waals surface area contributed by atoms with E-state index in [1.165, 1.54) is 18.2 Å². The van der Waals surface area contributed by atoms with Crippen LogP contribution in [0.25, 0.3) is 0 Å². The van der Waals surface area contributed by atoms with Crippen LogP contribution in [0.5, 0.6) is 0 Å². The van der Waals surface area contributed by atoms with Crippen molar-refractivity contribution >= 4 is 40.9 Å². The number of piperidine rings is 1. The lowest BCUT2D eigenvalue weighted by Gasteiger charge is -2.27.